The highest BCUT2D eigenvalue weighted by molar-refractivity contribution is 7.89. The van der Waals surface area contributed by atoms with Gasteiger partial charge in [-0.1, -0.05) is 0 Å². The van der Waals surface area contributed by atoms with E-state index in [4.69, 9.17) is 5.11 Å². The van der Waals surface area contributed by atoms with E-state index < -0.39 is 28.0 Å². The second-order valence-electron chi connectivity index (χ2n) is 4.42. The molecule has 0 aromatic carbocycles. The van der Waals surface area contributed by atoms with Gasteiger partial charge in [0.15, 0.2) is 5.03 Å². The molecule has 1 aliphatic heterocycles. The Morgan fingerprint density at radius 1 is 1.61 bits per heavy atom. The highest BCUT2D eigenvalue weighted by atomic mass is 32.2. The number of carboxylic acids is 1. The summed E-state index contributed by atoms with van der Waals surface area (Å²) in [5.41, 5.74) is 0. The Balaban J connectivity index is 2.30. The lowest BCUT2D eigenvalue weighted by molar-refractivity contribution is -0.142. The Morgan fingerprint density at radius 3 is 2.72 bits per heavy atom. The predicted molar refractivity (Wildman–Crippen MR) is 62.4 cm³/mol. The Hall–Kier alpha value is -1.41. The number of rotatable bonds is 3. The molecule has 8 heteroatoms. The van der Waals surface area contributed by atoms with Crippen molar-refractivity contribution in [1.29, 1.82) is 0 Å². The minimum Gasteiger partial charge on any atom is -0.481 e. The molecular weight excluding hydrogens is 258 g/mol. The average molecular weight is 273 g/mol. The maximum atomic E-state index is 12.3. The van der Waals surface area contributed by atoms with Crippen molar-refractivity contribution in [1.82, 2.24) is 14.3 Å². The molecule has 1 aliphatic rings. The summed E-state index contributed by atoms with van der Waals surface area (Å²) >= 11 is 0. The monoisotopic (exact) mass is 273 g/mol. The average Bonchev–Trinajstić information content (AvgIpc) is 2.84. The number of hydrogen-bond acceptors (Lipinski definition) is 4. The van der Waals surface area contributed by atoms with Crippen LogP contribution in [0.4, 0.5) is 0 Å². The van der Waals surface area contributed by atoms with E-state index in [1.807, 2.05) is 0 Å². The Labute approximate surface area is 105 Å². The van der Waals surface area contributed by atoms with Crippen molar-refractivity contribution < 1.29 is 18.3 Å². The molecule has 100 valence electrons. The van der Waals surface area contributed by atoms with Crippen molar-refractivity contribution in [2.45, 2.75) is 31.3 Å². The lowest BCUT2D eigenvalue weighted by Gasteiger charge is -2.21. The lowest BCUT2D eigenvalue weighted by Crippen LogP contribution is -2.37. The molecule has 0 saturated carbocycles. The van der Waals surface area contributed by atoms with Crippen molar-refractivity contribution >= 4 is 16.0 Å². The number of H-pyrrole nitrogens is 1. The van der Waals surface area contributed by atoms with Gasteiger partial charge in [-0.05, 0) is 20.3 Å². The molecule has 1 saturated heterocycles. The number of nitrogens with one attached hydrogen (secondary N) is 1. The summed E-state index contributed by atoms with van der Waals surface area (Å²) in [5, 5.41) is 9.01. The Bertz CT molecular complexity index is 565. The number of carbonyl (C=O) groups is 1. The van der Waals surface area contributed by atoms with E-state index in [2.05, 4.69) is 9.97 Å². The number of aromatic nitrogens is 2. The number of nitrogens with zero attached hydrogens (tertiary/aromatic N) is 2. The number of imidazole rings is 1. The summed E-state index contributed by atoms with van der Waals surface area (Å²) in [6.07, 6.45) is 1.59. The van der Waals surface area contributed by atoms with E-state index in [1.165, 1.54) is 10.5 Å². The summed E-state index contributed by atoms with van der Waals surface area (Å²) < 4.78 is 25.8. The van der Waals surface area contributed by atoms with Crippen molar-refractivity contribution in [3.05, 3.63) is 12.0 Å². The molecule has 2 atom stereocenters. The van der Waals surface area contributed by atoms with Crippen LogP contribution < -0.4 is 0 Å². The first-order valence-corrected chi connectivity index (χ1v) is 7.04. The second kappa shape index (κ2) is 4.36. The molecule has 2 unspecified atom stereocenters. The third-order valence-electron chi connectivity index (χ3n) is 3.28. The van der Waals surface area contributed by atoms with Crippen LogP contribution in [0, 0.1) is 12.8 Å². The summed E-state index contributed by atoms with van der Waals surface area (Å²) in [6.45, 7) is 3.50. The first kappa shape index (κ1) is 13.0. The summed E-state index contributed by atoms with van der Waals surface area (Å²) in [4.78, 5) is 17.5. The maximum absolute atomic E-state index is 12.3. The molecule has 1 fully saturated rings. The van der Waals surface area contributed by atoms with Gasteiger partial charge in [-0.3, -0.25) is 4.79 Å². The number of carboxylic acid groups (broad SMARTS) is 1. The molecule has 2 heterocycles. The van der Waals surface area contributed by atoms with E-state index in [0.717, 1.165) is 0 Å². The van der Waals surface area contributed by atoms with Gasteiger partial charge in [0.2, 0.25) is 0 Å². The summed E-state index contributed by atoms with van der Waals surface area (Å²) in [7, 11) is -3.68. The zero-order valence-electron chi connectivity index (χ0n) is 10.1. The standard InChI is InChI=1S/C10H15N3O4S/c1-6-8(10(14)15)3-4-13(6)18(16,17)9-5-11-7(2)12-9/h5-6,8H,3-4H2,1-2H3,(H,11,12)(H,14,15). The normalized spacial score (nSPS) is 25.4. The minimum absolute atomic E-state index is 0.0119. The van der Waals surface area contributed by atoms with Crippen LogP contribution in [0.1, 0.15) is 19.2 Å². The van der Waals surface area contributed by atoms with Crippen LogP contribution >= 0.6 is 0 Å². The van der Waals surface area contributed by atoms with Crippen LogP contribution in [-0.2, 0) is 14.8 Å². The molecule has 0 spiro atoms. The fourth-order valence-corrected chi connectivity index (χ4v) is 3.88. The second-order valence-corrected chi connectivity index (χ2v) is 6.28. The van der Waals surface area contributed by atoms with Crippen LogP contribution in [-0.4, -0.2) is 46.4 Å². The molecule has 0 bridgehead atoms. The molecule has 2 rings (SSSR count). The Morgan fingerprint density at radius 2 is 2.28 bits per heavy atom. The van der Waals surface area contributed by atoms with Crippen molar-refractivity contribution in [2.75, 3.05) is 6.54 Å². The van der Waals surface area contributed by atoms with Crippen molar-refractivity contribution in [3.63, 3.8) is 0 Å². The topological polar surface area (TPSA) is 103 Å². The molecule has 1 aromatic rings. The van der Waals surface area contributed by atoms with E-state index in [-0.39, 0.29) is 11.6 Å². The van der Waals surface area contributed by atoms with Gasteiger partial charge in [-0.25, -0.2) is 13.4 Å². The molecule has 0 amide bonds. The number of aliphatic carboxylic acids is 1. The van der Waals surface area contributed by atoms with Gasteiger partial charge in [0.05, 0.1) is 12.1 Å². The molecule has 0 aliphatic carbocycles. The molecule has 18 heavy (non-hydrogen) atoms. The van der Waals surface area contributed by atoms with Crippen LogP contribution in [0.5, 0.6) is 0 Å². The van der Waals surface area contributed by atoms with Crippen LogP contribution in [0.15, 0.2) is 11.2 Å². The third kappa shape index (κ3) is 2.01. The smallest absolute Gasteiger partial charge is 0.308 e. The predicted octanol–water partition coefficient (Wildman–Crippen LogP) is 0.202. The minimum atomic E-state index is -3.68. The van der Waals surface area contributed by atoms with E-state index >= 15 is 0 Å². The molecule has 1 aromatic heterocycles. The number of hydrogen-bond donors (Lipinski definition) is 2. The van der Waals surface area contributed by atoms with Gasteiger partial charge < -0.3 is 10.1 Å². The first-order chi connectivity index (χ1) is 8.34. The van der Waals surface area contributed by atoms with Crippen molar-refractivity contribution in [2.24, 2.45) is 5.92 Å². The SMILES string of the molecule is Cc1ncc(S(=O)(=O)N2CCC(C(=O)O)C2C)[nH]1. The van der Waals surface area contributed by atoms with Crippen LogP contribution in [0.3, 0.4) is 0 Å². The third-order valence-corrected chi connectivity index (χ3v) is 5.18. The van der Waals surface area contributed by atoms with Gasteiger partial charge in [0.25, 0.3) is 10.0 Å². The number of sulfonamides is 1. The zero-order chi connectivity index (χ0) is 13.5. The Kier molecular flexibility index (Phi) is 3.16. The first-order valence-electron chi connectivity index (χ1n) is 5.60. The van der Waals surface area contributed by atoms with E-state index in [0.29, 0.717) is 12.2 Å². The largest absolute Gasteiger partial charge is 0.481 e. The van der Waals surface area contributed by atoms with Gasteiger partial charge in [-0.15, -0.1) is 0 Å². The molecule has 7 nitrogen and oxygen atoms in total. The van der Waals surface area contributed by atoms with E-state index in [9.17, 15) is 13.2 Å². The van der Waals surface area contributed by atoms with Gasteiger partial charge in [0.1, 0.15) is 5.82 Å². The quantitative estimate of drug-likeness (QED) is 0.819. The molecule has 0 radical (unpaired) electrons. The van der Waals surface area contributed by atoms with Gasteiger partial charge in [0, 0.05) is 12.6 Å². The van der Waals surface area contributed by atoms with E-state index in [1.54, 1.807) is 13.8 Å². The van der Waals surface area contributed by atoms with Crippen LogP contribution in [0.2, 0.25) is 0 Å². The van der Waals surface area contributed by atoms with Gasteiger partial charge >= 0.3 is 5.97 Å². The van der Waals surface area contributed by atoms with Gasteiger partial charge in [-0.2, -0.15) is 4.31 Å². The highest BCUT2D eigenvalue weighted by Gasteiger charge is 2.42. The highest BCUT2D eigenvalue weighted by Crippen LogP contribution is 2.29. The fourth-order valence-electron chi connectivity index (χ4n) is 2.24. The van der Waals surface area contributed by atoms with Crippen molar-refractivity contribution in [3.8, 4) is 0 Å². The number of aromatic amines is 1. The van der Waals surface area contributed by atoms with Crippen LogP contribution in [0.25, 0.3) is 0 Å². The molecular formula is C10H15N3O4S. The zero-order valence-corrected chi connectivity index (χ0v) is 10.9. The summed E-state index contributed by atoms with van der Waals surface area (Å²) in [5.74, 6) is -1.10. The number of aryl methyl sites for hydroxylation is 1. The summed E-state index contributed by atoms with van der Waals surface area (Å²) in [6, 6.07) is -0.545. The fraction of sp³-hybridized carbons (Fsp3) is 0.600. The molecule has 2 N–H and O–H groups in total. The lowest BCUT2D eigenvalue weighted by atomic mass is 10.0. The maximum Gasteiger partial charge on any atom is 0.308 e.